The van der Waals surface area contributed by atoms with Crippen molar-refractivity contribution in [1.82, 2.24) is 29.3 Å². The smallest absolute Gasteiger partial charge is 0.416 e. The Morgan fingerprint density at radius 2 is 1.70 bits per heavy atom. The van der Waals surface area contributed by atoms with Crippen LogP contribution in [-0.4, -0.2) is 43.1 Å². The first-order chi connectivity index (χ1) is 19.0. The lowest BCUT2D eigenvalue weighted by molar-refractivity contribution is -0.137. The molecule has 3 aromatic heterocycles. The molecule has 0 N–H and O–H groups in total. The molecule has 0 atom stereocenters. The normalized spacial score (nSPS) is 11.7. The van der Waals surface area contributed by atoms with Crippen molar-refractivity contribution in [3.63, 3.8) is 0 Å². The topological polar surface area (TPSA) is 89.0 Å². The summed E-state index contributed by atoms with van der Waals surface area (Å²) in [5.41, 5.74) is 0.00322. The maximum atomic E-state index is 13.3. The number of benzene rings is 2. The fraction of sp³-hybridized carbons (Fsp3) is 0.154. The molecule has 0 spiro atoms. The predicted octanol–water partition coefficient (Wildman–Crippen LogP) is 5.21. The standard InChI is InChI=1S/C26H19F5N6O3/c1-15-12-20(36(33-15)17-5-3-4-16(13-17)26(29,30)31)24-21(38)9-11-35(34-24)19-7-6-18(14-22(19)39-2)37-23(8-10-32-37)40-25(27)28/h3-14,25H,1-2H3. The molecule has 0 unspecified atom stereocenters. The highest BCUT2D eigenvalue weighted by Crippen LogP contribution is 2.32. The molecular weight excluding hydrogens is 539 g/mol. The Morgan fingerprint density at radius 1 is 0.925 bits per heavy atom. The van der Waals surface area contributed by atoms with Crippen LogP contribution in [0.5, 0.6) is 11.6 Å². The lowest BCUT2D eigenvalue weighted by atomic mass is 10.2. The van der Waals surface area contributed by atoms with Crippen LogP contribution in [0.25, 0.3) is 28.5 Å². The minimum Gasteiger partial charge on any atom is -0.494 e. The van der Waals surface area contributed by atoms with Crippen LogP contribution in [0.2, 0.25) is 0 Å². The zero-order valence-electron chi connectivity index (χ0n) is 20.8. The van der Waals surface area contributed by atoms with Gasteiger partial charge in [0.2, 0.25) is 11.3 Å². The molecule has 14 heteroatoms. The van der Waals surface area contributed by atoms with Gasteiger partial charge in [0.05, 0.1) is 41.6 Å². The SMILES string of the molecule is COc1cc(-n2nccc2OC(F)F)ccc1-n1ccc(=O)c(-c2cc(C)nn2-c2cccc(C(F)(F)F)c2)n1. The highest BCUT2D eigenvalue weighted by atomic mass is 19.4. The van der Waals surface area contributed by atoms with Gasteiger partial charge in [-0.1, -0.05) is 6.07 Å². The van der Waals surface area contributed by atoms with Crippen molar-refractivity contribution < 1.29 is 31.4 Å². The van der Waals surface area contributed by atoms with Crippen LogP contribution < -0.4 is 14.9 Å². The predicted molar refractivity (Wildman–Crippen MR) is 132 cm³/mol. The zero-order chi connectivity index (χ0) is 28.6. The molecule has 40 heavy (non-hydrogen) atoms. The Labute approximate surface area is 222 Å². The van der Waals surface area contributed by atoms with E-state index >= 15 is 0 Å². The fourth-order valence-corrected chi connectivity index (χ4v) is 4.05. The van der Waals surface area contributed by atoms with Crippen molar-refractivity contribution in [2.45, 2.75) is 19.7 Å². The van der Waals surface area contributed by atoms with Crippen LogP contribution in [0.15, 0.2) is 77.9 Å². The van der Waals surface area contributed by atoms with E-state index in [0.29, 0.717) is 17.1 Å². The minimum atomic E-state index is -4.57. The summed E-state index contributed by atoms with van der Waals surface area (Å²) in [5.74, 6) is 0.0625. The minimum absolute atomic E-state index is 0.0775. The number of aromatic nitrogens is 6. The van der Waals surface area contributed by atoms with Gasteiger partial charge in [0.25, 0.3) is 0 Å². The molecule has 0 saturated heterocycles. The number of ether oxygens (including phenoxy) is 2. The molecule has 0 aliphatic carbocycles. The maximum Gasteiger partial charge on any atom is 0.416 e. The number of alkyl halides is 5. The summed E-state index contributed by atoms with van der Waals surface area (Å²) in [6.07, 6.45) is -1.88. The molecule has 0 saturated carbocycles. The summed E-state index contributed by atoms with van der Waals surface area (Å²) in [6, 6.07) is 13.3. The molecule has 5 rings (SSSR count). The fourth-order valence-electron chi connectivity index (χ4n) is 4.05. The van der Waals surface area contributed by atoms with E-state index in [2.05, 4.69) is 20.0 Å². The van der Waals surface area contributed by atoms with Gasteiger partial charge in [-0.05, 0) is 43.3 Å². The van der Waals surface area contributed by atoms with E-state index < -0.39 is 23.8 Å². The first kappa shape index (κ1) is 26.6. The number of nitrogens with zero attached hydrogens (tertiary/aromatic N) is 6. The van der Waals surface area contributed by atoms with Crippen molar-refractivity contribution in [1.29, 1.82) is 0 Å². The average molecular weight is 558 g/mol. The summed E-state index contributed by atoms with van der Waals surface area (Å²) in [4.78, 5) is 12.9. The highest BCUT2D eigenvalue weighted by molar-refractivity contribution is 5.60. The highest BCUT2D eigenvalue weighted by Gasteiger charge is 2.31. The van der Waals surface area contributed by atoms with Gasteiger partial charge in [0.1, 0.15) is 11.4 Å². The molecule has 0 aliphatic heterocycles. The Balaban J connectivity index is 1.58. The summed E-state index contributed by atoms with van der Waals surface area (Å²) in [5, 5.41) is 12.7. The van der Waals surface area contributed by atoms with Gasteiger partial charge < -0.3 is 9.47 Å². The average Bonchev–Trinajstić information content (AvgIpc) is 3.54. The number of aryl methyl sites for hydroxylation is 1. The van der Waals surface area contributed by atoms with Crippen molar-refractivity contribution in [2.75, 3.05) is 7.11 Å². The van der Waals surface area contributed by atoms with Gasteiger partial charge in [0, 0.05) is 24.4 Å². The molecule has 206 valence electrons. The van der Waals surface area contributed by atoms with E-state index in [1.54, 1.807) is 19.1 Å². The molecule has 0 aliphatic rings. The lowest BCUT2D eigenvalue weighted by Crippen LogP contribution is -2.15. The number of methoxy groups -OCH3 is 1. The molecule has 0 radical (unpaired) electrons. The third kappa shape index (κ3) is 5.15. The van der Waals surface area contributed by atoms with Gasteiger partial charge in [-0.3, -0.25) is 4.79 Å². The summed E-state index contributed by atoms with van der Waals surface area (Å²) >= 11 is 0. The van der Waals surface area contributed by atoms with Crippen molar-refractivity contribution >= 4 is 0 Å². The summed E-state index contributed by atoms with van der Waals surface area (Å²) in [7, 11) is 1.39. The molecule has 2 aromatic carbocycles. The van der Waals surface area contributed by atoms with Crippen LogP contribution in [0.1, 0.15) is 11.3 Å². The van der Waals surface area contributed by atoms with Gasteiger partial charge in [0.15, 0.2) is 5.69 Å². The molecule has 0 fully saturated rings. The second kappa shape index (κ2) is 10.3. The zero-order valence-corrected chi connectivity index (χ0v) is 20.8. The summed E-state index contributed by atoms with van der Waals surface area (Å²) < 4.78 is 79.2. The molecule has 3 heterocycles. The van der Waals surface area contributed by atoms with Crippen molar-refractivity contribution in [3.05, 3.63) is 94.5 Å². The third-order valence-corrected chi connectivity index (χ3v) is 5.77. The van der Waals surface area contributed by atoms with E-state index in [4.69, 9.17) is 4.74 Å². The first-order valence-electron chi connectivity index (χ1n) is 11.6. The van der Waals surface area contributed by atoms with E-state index in [9.17, 15) is 26.7 Å². The molecule has 9 nitrogen and oxygen atoms in total. The van der Waals surface area contributed by atoms with Crippen molar-refractivity contribution in [3.8, 4) is 40.1 Å². The van der Waals surface area contributed by atoms with Crippen LogP contribution in [0.3, 0.4) is 0 Å². The Morgan fingerprint density at radius 3 is 2.42 bits per heavy atom. The van der Waals surface area contributed by atoms with Gasteiger partial charge in [-0.25, -0.2) is 14.0 Å². The second-order valence-corrected chi connectivity index (χ2v) is 8.42. The first-order valence-corrected chi connectivity index (χ1v) is 11.6. The Hall–Kier alpha value is -5.01. The number of hydrogen-bond acceptors (Lipinski definition) is 6. The van der Waals surface area contributed by atoms with E-state index in [1.807, 2.05) is 0 Å². The molecule has 5 aromatic rings. The molecule has 0 bridgehead atoms. The Bertz CT molecular complexity index is 1740. The quantitative estimate of drug-likeness (QED) is 0.255. The molecule has 0 amide bonds. The second-order valence-electron chi connectivity index (χ2n) is 8.42. The monoisotopic (exact) mass is 558 g/mol. The van der Waals surface area contributed by atoms with Crippen LogP contribution in [0.4, 0.5) is 22.0 Å². The van der Waals surface area contributed by atoms with Crippen LogP contribution >= 0.6 is 0 Å². The van der Waals surface area contributed by atoms with E-state index in [1.165, 1.54) is 65.3 Å². The van der Waals surface area contributed by atoms with E-state index in [-0.39, 0.29) is 28.7 Å². The lowest BCUT2D eigenvalue weighted by Gasteiger charge is -2.15. The largest absolute Gasteiger partial charge is 0.494 e. The van der Waals surface area contributed by atoms with Crippen molar-refractivity contribution in [2.24, 2.45) is 0 Å². The number of halogens is 5. The van der Waals surface area contributed by atoms with Gasteiger partial charge in [-0.2, -0.15) is 37.2 Å². The third-order valence-electron chi connectivity index (χ3n) is 5.77. The van der Waals surface area contributed by atoms with E-state index in [0.717, 1.165) is 16.8 Å². The van der Waals surface area contributed by atoms with Gasteiger partial charge in [-0.15, -0.1) is 0 Å². The maximum absolute atomic E-state index is 13.3. The van der Waals surface area contributed by atoms with Crippen LogP contribution in [0, 0.1) is 6.92 Å². The number of rotatable bonds is 7. The number of hydrogen-bond donors (Lipinski definition) is 0. The Kier molecular flexibility index (Phi) is 6.83. The van der Waals surface area contributed by atoms with Gasteiger partial charge >= 0.3 is 12.8 Å². The molecular formula is C26H19F5N6O3. The summed E-state index contributed by atoms with van der Waals surface area (Å²) in [6.45, 7) is -1.41. The van der Waals surface area contributed by atoms with Crippen LogP contribution in [-0.2, 0) is 6.18 Å².